The molecular formula is C18H30Cl2N4O2. The lowest BCUT2D eigenvalue weighted by Crippen LogP contribution is -2.40. The van der Waals surface area contributed by atoms with E-state index in [1.165, 1.54) is 5.56 Å². The summed E-state index contributed by atoms with van der Waals surface area (Å²) in [7, 11) is 0. The van der Waals surface area contributed by atoms with Crippen molar-refractivity contribution in [1.29, 1.82) is 0 Å². The average molecular weight is 405 g/mol. The lowest BCUT2D eigenvalue weighted by molar-refractivity contribution is -0.123. The summed E-state index contributed by atoms with van der Waals surface area (Å²) in [6.07, 6.45) is 3.07. The van der Waals surface area contributed by atoms with Crippen LogP contribution >= 0.6 is 24.8 Å². The molecule has 0 bridgehead atoms. The van der Waals surface area contributed by atoms with E-state index in [1.807, 2.05) is 12.1 Å². The number of carbonyl (C=O) groups is 2. The minimum Gasteiger partial charge on any atom is -0.369 e. The van der Waals surface area contributed by atoms with Crippen LogP contribution in [0.4, 0.5) is 0 Å². The van der Waals surface area contributed by atoms with Gasteiger partial charge in [0.15, 0.2) is 0 Å². The molecule has 8 heteroatoms. The Morgan fingerprint density at radius 3 is 2.65 bits per heavy atom. The van der Waals surface area contributed by atoms with Gasteiger partial charge in [0.2, 0.25) is 11.8 Å². The summed E-state index contributed by atoms with van der Waals surface area (Å²) in [5, 5.41) is 2.92. The highest BCUT2D eigenvalue weighted by Crippen LogP contribution is 2.18. The smallest absolute Gasteiger partial charge is 0.221 e. The van der Waals surface area contributed by atoms with Crippen LogP contribution in [0.25, 0.3) is 0 Å². The summed E-state index contributed by atoms with van der Waals surface area (Å²) >= 11 is 0. The fourth-order valence-corrected chi connectivity index (χ4v) is 3.08. The number of carbonyl (C=O) groups excluding carboxylic acids is 2. The van der Waals surface area contributed by atoms with E-state index in [1.54, 1.807) is 0 Å². The zero-order chi connectivity index (χ0) is 17.4. The molecule has 0 spiro atoms. The van der Waals surface area contributed by atoms with Crippen LogP contribution in [0.15, 0.2) is 24.3 Å². The zero-order valence-corrected chi connectivity index (χ0v) is 16.6. The van der Waals surface area contributed by atoms with Gasteiger partial charge in [-0.05, 0) is 43.5 Å². The molecule has 0 aromatic heterocycles. The van der Waals surface area contributed by atoms with Gasteiger partial charge < -0.3 is 16.8 Å². The molecule has 1 heterocycles. The average Bonchev–Trinajstić information content (AvgIpc) is 2.58. The van der Waals surface area contributed by atoms with Crippen LogP contribution in [0.2, 0.25) is 0 Å². The van der Waals surface area contributed by atoms with Crippen molar-refractivity contribution in [2.75, 3.05) is 19.6 Å². The highest BCUT2D eigenvalue weighted by Gasteiger charge is 2.23. The number of hydrogen-bond donors (Lipinski definition) is 3. The number of hydrogen-bond acceptors (Lipinski definition) is 4. The van der Waals surface area contributed by atoms with Crippen LogP contribution in [0, 0.1) is 5.92 Å². The van der Waals surface area contributed by atoms with Gasteiger partial charge in [-0.1, -0.05) is 24.3 Å². The van der Waals surface area contributed by atoms with Gasteiger partial charge in [-0.25, -0.2) is 0 Å². The minimum atomic E-state index is -0.200. The molecule has 1 aliphatic heterocycles. The number of primary amides is 1. The van der Waals surface area contributed by atoms with Crippen molar-refractivity contribution in [2.45, 2.75) is 38.8 Å². The van der Waals surface area contributed by atoms with Crippen molar-refractivity contribution in [1.82, 2.24) is 10.2 Å². The van der Waals surface area contributed by atoms with Crippen molar-refractivity contribution in [3.63, 3.8) is 0 Å². The van der Waals surface area contributed by atoms with Gasteiger partial charge >= 0.3 is 0 Å². The van der Waals surface area contributed by atoms with Crippen molar-refractivity contribution in [2.24, 2.45) is 17.4 Å². The molecule has 2 rings (SSSR count). The van der Waals surface area contributed by atoms with Gasteiger partial charge in [0.25, 0.3) is 0 Å². The molecule has 0 saturated carbocycles. The van der Waals surface area contributed by atoms with Crippen LogP contribution in [-0.4, -0.2) is 36.3 Å². The molecule has 1 aliphatic rings. The molecule has 148 valence electrons. The highest BCUT2D eigenvalue weighted by molar-refractivity contribution is 5.85. The fraction of sp³-hybridized carbons (Fsp3) is 0.556. The Hall–Kier alpha value is -1.34. The van der Waals surface area contributed by atoms with Crippen LogP contribution < -0.4 is 16.8 Å². The summed E-state index contributed by atoms with van der Waals surface area (Å²) in [4.78, 5) is 25.3. The Morgan fingerprint density at radius 1 is 1.23 bits per heavy atom. The molecule has 1 aromatic rings. The van der Waals surface area contributed by atoms with Gasteiger partial charge in [-0.15, -0.1) is 24.8 Å². The first-order valence-corrected chi connectivity index (χ1v) is 8.64. The van der Waals surface area contributed by atoms with Gasteiger partial charge in [-0.2, -0.15) is 0 Å². The summed E-state index contributed by atoms with van der Waals surface area (Å²) in [5.41, 5.74) is 13.1. The summed E-state index contributed by atoms with van der Waals surface area (Å²) in [6.45, 7) is 3.59. The summed E-state index contributed by atoms with van der Waals surface area (Å²) < 4.78 is 0. The van der Waals surface area contributed by atoms with E-state index in [9.17, 15) is 9.59 Å². The van der Waals surface area contributed by atoms with E-state index in [0.717, 1.165) is 38.0 Å². The quantitative estimate of drug-likeness (QED) is 0.611. The molecule has 0 aliphatic carbocycles. The first kappa shape index (κ1) is 24.7. The lowest BCUT2D eigenvalue weighted by atomic mass is 9.97. The van der Waals surface area contributed by atoms with Crippen molar-refractivity contribution >= 4 is 36.6 Å². The van der Waals surface area contributed by atoms with Crippen LogP contribution in [-0.2, 0) is 22.7 Å². The number of nitrogens with one attached hydrogen (secondary N) is 1. The van der Waals surface area contributed by atoms with Crippen molar-refractivity contribution in [3.8, 4) is 0 Å². The van der Waals surface area contributed by atoms with Gasteiger partial charge in [0.05, 0.1) is 5.92 Å². The number of benzene rings is 1. The Kier molecular flexibility index (Phi) is 12.3. The molecule has 5 N–H and O–H groups in total. The normalized spacial score (nSPS) is 16.9. The number of piperidine rings is 1. The third-order valence-electron chi connectivity index (χ3n) is 4.40. The van der Waals surface area contributed by atoms with Crippen LogP contribution in [0.1, 0.15) is 36.8 Å². The van der Waals surface area contributed by atoms with Crippen LogP contribution in [0.3, 0.4) is 0 Å². The third-order valence-corrected chi connectivity index (χ3v) is 4.40. The molecule has 1 unspecified atom stereocenters. The van der Waals surface area contributed by atoms with Gasteiger partial charge in [0, 0.05) is 26.1 Å². The molecular weight excluding hydrogens is 375 g/mol. The fourth-order valence-electron chi connectivity index (χ4n) is 3.08. The topological polar surface area (TPSA) is 101 Å². The standard InChI is InChI=1S/C18H28N4O2.2ClH/c19-8-2-7-17(23)21-11-14-4-1-5-15(10-14)12-22-9-3-6-16(13-22)18(20)24;;/h1,4-5,10,16H,2-3,6-9,11-13,19H2,(H2,20,24)(H,21,23);2*1H. The predicted molar refractivity (Wildman–Crippen MR) is 108 cm³/mol. The van der Waals surface area contributed by atoms with Crippen molar-refractivity contribution in [3.05, 3.63) is 35.4 Å². The van der Waals surface area contributed by atoms with E-state index in [4.69, 9.17) is 11.5 Å². The van der Waals surface area contributed by atoms with E-state index in [2.05, 4.69) is 22.3 Å². The predicted octanol–water partition coefficient (Wildman–Crippen LogP) is 1.58. The monoisotopic (exact) mass is 404 g/mol. The Balaban J connectivity index is 0.00000312. The third kappa shape index (κ3) is 8.36. The van der Waals surface area contributed by atoms with Crippen molar-refractivity contribution < 1.29 is 9.59 Å². The van der Waals surface area contributed by atoms with E-state index >= 15 is 0 Å². The Morgan fingerprint density at radius 2 is 1.96 bits per heavy atom. The van der Waals surface area contributed by atoms with E-state index in [0.29, 0.717) is 25.9 Å². The molecule has 0 radical (unpaired) electrons. The zero-order valence-electron chi connectivity index (χ0n) is 15.0. The Bertz CT molecular complexity index is 572. The second kappa shape index (κ2) is 12.9. The van der Waals surface area contributed by atoms with Crippen LogP contribution in [0.5, 0.6) is 0 Å². The second-order valence-electron chi connectivity index (χ2n) is 6.47. The maximum absolute atomic E-state index is 11.7. The van der Waals surface area contributed by atoms with Gasteiger partial charge in [-0.3, -0.25) is 14.5 Å². The minimum absolute atomic E-state index is 0. The number of halogens is 2. The van der Waals surface area contributed by atoms with E-state index < -0.39 is 0 Å². The maximum atomic E-state index is 11.7. The molecule has 1 saturated heterocycles. The largest absolute Gasteiger partial charge is 0.369 e. The molecule has 1 atom stereocenters. The van der Waals surface area contributed by atoms with E-state index in [-0.39, 0.29) is 42.5 Å². The number of likely N-dealkylation sites (tertiary alicyclic amines) is 1. The molecule has 26 heavy (non-hydrogen) atoms. The number of amides is 2. The first-order chi connectivity index (χ1) is 11.6. The number of nitrogens with zero attached hydrogens (tertiary/aromatic N) is 1. The Labute approximate surface area is 167 Å². The lowest BCUT2D eigenvalue weighted by Gasteiger charge is -2.31. The summed E-state index contributed by atoms with van der Waals surface area (Å²) in [6, 6.07) is 8.20. The summed E-state index contributed by atoms with van der Waals surface area (Å²) in [5.74, 6) is -0.205. The SMILES string of the molecule is Cl.Cl.NCCCC(=O)NCc1cccc(CN2CCCC(C(N)=O)C2)c1. The molecule has 6 nitrogen and oxygen atoms in total. The maximum Gasteiger partial charge on any atom is 0.221 e. The highest BCUT2D eigenvalue weighted by atomic mass is 35.5. The first-order valence-electron chi connectivity index (χ1n) is 8.64. The van der Waals surface area contributed by atoms with Gasteiger partial charge in [0.1, 0.15) is 0 Å². The number of nitrogens with two attached hydrogens (primary N) is 2. The molecule has 1 aromatic carbocycles. The second-order valence-corrected chi connectivity index (χ2v) is 6.47. The molecule has 1 fully saturated rings. The number of rotatable bonds is 8. The molecule has 2 amide bonds.